The van der Waals surface area contributed by atoms with E-state index >= 15 is 0 Å². The van der Waals surface area contributed by atoms with Crippen molar-refractivity contribution in [3.63, 3.8) is 0 Å². The van der Waals surface area contributed by atoms with E-state index in [0.29, 0.717) is 12.4 Å². The number of thioether (sulfide) groups is 1. The number of aromatic nitrogens is 2. The van der Waals surface area contributed by atoms with Crippen molar-refractivity contribution >= 4 is 29.3 Å². The van der Waals surface area contributed by atoms with Gasteiger partial charge in [0.25, 0.3) is 0 Å². The highest BCUT2D eigenvalue weighted by Gasteiger charge is 2.35. The van der Waals surface area contributed by atoms with Crippen molar-refractivity contribution in [1.29, 1.82) is 0 Å². The first-order chi connectivity index (χ1) is 8.87. The molecule has 1 rings (SSSR count). The molecule has 0 spiro atoms. The Bertz CT molecular complexity index is 423. The third-order valence-electron chi connectivity index (χ3n) is 2.33. The minimum atomic E-state index is -0.714. The summed E-state index contributed by atoms with van der Waals surface area (Å²) in [5.74, 6) is 1.11. The number of carbonyl (C=O) groups excluding carboxylic acids is 1. The highest BCUT2D eigenvalue weighted by atomic mass is 32.2. The third kappa shape index (κ3) is 5.08. The number of hydrogen-bond donors (Lipinski definition) is 1. The van der Waals surface area contributed by atoms with Crippen molar-refractivity contribution in [2.45, 2.75) is 50.5 Å². The molecule has 7 heteroatoms. The number of nitrogens with one attached hydrogen (secondary N) is 1. The zero-order valence-corrected chi connectivity index (χ0v) is 13.7. The Morgan fingerprint density at radius 1 is 1.58 bits per heavy atom. The molecule has 1 aromatic rings. The van der Waals surface area contributed by atoms with E-state index in [0.717, 1.165) is 10.2 Å². The van der Waals surface area contributed by atoms with Gasteiger partial charge in [0.05, 0.1) is 6.61 Å². The Labute approximate surface area is 122 Å². The molecule has 108 valence electrons. The van der Waals surface area contributed by atoms with Crippen molar-refractivity contribution in [3.8, 4) is 0 Å². The van der Waals surface area contributed by atoms with Crippen LogP contribution < -0.4 is 5.32 Å². The Kier molecular flexibility index (Phi) is 6.22. The van der Waals surface area contributed by atoms with Gasteiger partial charge in [0.15, 0.2) is 4.34 Å². The van der Waals surface area contributed by atoms with Gasteiger partial charge in [-0.25, -0.2) is 4.98 Å². The summed E-state index contributed by atoms with van der Waals surface area (Å²) in [6, 6.07) is 0.200. The van der Waals surface area contributed by atoms with Gasteiger partial charge in [-0.2, -0.15) is 4.37 Å². The van der Waals surface area contributed by atoms with Crippen LogP contribution in [0.2, 0.25) is 0 Å². The van der Waals surface area contributed by atoms with E-state index in [1.54, 1.807) is 0 Å². The molecule has 1 N–H and O–H groups in total. The summed E-state index contributed by atoms with van der Waals surface area (Å²) in [5.41, 5.74) is -0.714. The van der Waals surface area contributed by atoms with Crippen molar-refractivity contribution < 1.29 is 9.53 Å². The van der Waals surface area contributed by atoms with Gasteiger partial charge >= 0.3 is 5.97 Å². The zero-order valence-electron chi connectivity index (χ0n) is 12.0. The second-order valence-electron chi connectivity index (χ2n) is 4.75. The molecule has 0 saturated heterocycles. The first kappa shape index (κ1) is 16.4. The molecule has 0 aliphatic heterocycles. The summed E-state index contributed by atoms with van der Waals surface area (Å²) in [6.45, 7) is 9.95. The second-order valence-corrected chi connectivity index (χ2v) is 6.72. The van der Waals surface area contributed by atoms with E-state index in [2.05, 4.69) is 14.7 Å². The van der Waals surface area contributed by atoms with Crippen LogP contribution in [0.15, 0.2) is 4.34 Å². The van der Waals surface area contributed by atoms with Crippen LogP contribution in [0.5, 0.6) is 0 Å². The predicted molar refractivity (Wildman–Crippen MR) is 78.7 cm³/mol. The molecule has 1 aromatic heterocycles. The molecule has 0 aliphatic carbocycles. The smallest absolute Gasteiger partial charge is 0.326 e. The van der Waals surface area contributed by atoms with Crippen LogP contribution in [0.4, 0.5) is 0 Å². The number of nitrogens with zero attached hydrogens (tertiary/aromatic N) is 2. The van der Waals surface area contributed by atoms with Gasteiger partial charge in [-0.3, -0.25) is 10.1 Å². The maximum atomic E-state index is 12.1. The van der Waals surface area contributed by atoms with Crippen molar-refractivity contribution in [1.82, 2.24) is 14.7 Å². The largest absolute Gasteiger partial charge is 0.465 e. The van der Waals surface area contributed by atoms with Crippen LogP contribution in [-0.2, 0) is 9.53 Å². The lowest BCUT2D eigenvalue weighted by atomic mass is 10.0. The molecule has 19 heavy (non-hydrogen) atoms. The minimum absolute atomic E-state index is 0.200. The number of hydrogen-bond acceptors (Lipinski definition) is 7. The standard InChI is InChI=1S/C12H21N3O2S2/c1-6-17-10(16)12(5,14-8(2)3)7-18-11-13-9(4)15-19-11/h8,14H,6-7H2,1-5H3. The SMILES string of the molecule is CCOC(=O)C(C)(CSc1nc(C)ns1)NC(C)C. The van der Waals surface area contributed by atoms with Crippen molar-refractivity contribution in [2.24, 2.45) is 0 Å². The Morgan fingerprint density at radius 2 is 2.26 bits per heavy atom. The first-order valence-electron chi connectivity index (χ1n) is 6.25. The predicted octanol–water partition coefficient (Wildman–Crippen LogP) is 2.26. The average molecular weight is 303 g/mol. The normalized spacial score (nSPS) is 14.4. The molecular formula is C12H21N3O2S2. The Balaban J connectivity index is 2.70. The summed E-state index contributed by atoms with van der Waals surface area (Å²) in [6.07, 6.45) is 0. The molecule has 0 amide bonds. The molecule has 5 nitrogen and oxygen atoms in total. The van der Waals surface area contributed by atoms with Gasteiger partial charge in [-0.1, -0.05) is 11.8 Å². The minimum Gasteiger partial charge on any atom is -0.465 e. The van der Waals surface area contributed by atoms with Crippen LogP contribution in [0.1, 0.15) is 33.5 Å². The van der Waals surface area contributed by atoms with Gasteiger partial charge < -0.3 is 4.74 Å². The molecule has 1 atom stereocenters. The van der Waals surface area contributed by atoms with Crippen molar-refractivity contribution in [2.75, 3.05) is 12.4 Å². The number of rotatable bonds is 7. The lowest BCUT2D eigenvalue weighted by molar-refractivity contribution is -0.149. The Morgan fingerprint density at radius 3 is 2.74 bits per heavy atom. The van der Waals surface area contributed by atoms with E-state index in [9.17, 15) is 4.79 Å². The molecular weight excluding hydrogens is 282 g/mol. The molecule has 0 bridgehead atoms. The number of ether oxygens (including phenoxy) is 1. The summed E-state index contributed by atoms with van der Waals surface area (Å²) < 4.78 is 10.2. The fourth-order valence-corrected chi connectivity index (χ4v) is 3.36. The van der Waals surface area contributed by atoms with Crippen LogP contribution in [0.3, 0.4) is 0 Å². The number of aryl methyl sites for hydroxylation is 1. The van der Waals surface area contributed by atoms with E-state index in [1.165, 1.54) is 23.3 Å². The Hall–Kier alpha value is -0.660. The fraction of sp³-hybridized carbons (Fsp3) is 0.750. The maximum Gasteiger partial charge on any atom is 0.326 e. The summed E-state index contributed by atoms with van der Waals surface area (Å²) >= 11 is 2.88. The van der Waals surface area contributed by atoms with E-state index in [1.807, 2.05) is 34.6 Å². The molecule has 0 fully saturated rings. The maximum absolute atomic E-state index is 12.1. The lowest BCUT2D eigenvalue weighted by Crippen LogP contribution is -2.55. The molecule has 0 aliphatic rings. The molecule has 0 radical (unpaired) electrons. The summed E-state index contributed by atoms with van der Waals surface area (Å²) in [5, 5.41) is 3.28. The third-order valence-corrected chi connectivity index (χ3v) is 4.57. The zero-order chi connectivity index (χ0) is 14.5. The van der Waals surface area contributed by atoms with Gasteiger partial charge in [0, 0.05) is 11.8 Å². The molecule has 1 heterocycles. The van der Waals surface area contributed by atoms with Crippen LogP contribution in [0, 0.1) is 6.92 Å². The lowest BCUT2D eigenvalue weighted by Gasteiger charge is -2.29. The van der Waals surface area contributed by atoms with Gasteiger partial charge in [0.1, 0.15) is 11.4 Å². The highest BCUT2D eigenvalue weighted by Crippen LogP contribution is 2.25. The van der Waals surface area contributed by atoms with Crippen LogP contribution in [-0.4, -0.2) is 39.3 Å². The highest BCUT2D eigenvalue weighted by molar-refractivity contribution is 8.01. The summed E-state index contributed by atoms with van der Waals surface area (Å²) in [4.78, 5) is 16.4. The summed E-state index contributed by atoms with van der Waals surface area (Å²) in [7, 11) is 0. The quantitative estimate of drug-likeness (QED) is 0.616. The molecule has 1 unspecified atom stereocenters. The van der Waals surface area contributed by atoms with Crippen LogP contribution in [0.25, 0.3) is 0 Å². The van der Waals surface area contributed by atoms with E-state index < -0.39 is 5.54 Å². The monoisotopic (exact) mass is 303 g/mol. The second kappa shape index (κ2) is 7.21. The van der Waals surface area contributed by atoms with Crippen LogP contribution >= 0.6 is 23.3 Å². The topological polar surface area (TPSA) is 64.1 Å². The fourth-order valence-electron chi connectivity index (χ4n) is 1.63. The van der Waals surface area contributed by atoms with Crippen molar-refractivity contribution in [3.05, 3.63) is 5.82 Å². The van der Waals surface area contributed by atoms with Gasteiger partial charge in [-0.05, 0) is 46.2 Å². The molecule has 0 aromatic carbocycles. The van der Waals surface area contributed by atoms with Gasteiger partial charge in [-0.15, -0.1) is 0 Å². The molecule has 0 saturated carbocycles. The van der Waals surface area contributed by atoms with E-state index in [-0.39, 0.29) is 12.0 Å². The first-order valence-corrected chi connectivity index (χ1v) is 8.01. The number of carbonyl (C=O) groups is 1. The van der Waals surface area contributed by atoms with Gasteiger partial charge in [0.2, 0.25) is 0 Å². The van der Waals surface area contributed by atoms with E-state index in [4.69, 9.17) is 4.74 Å². The number of esters is 1. The average Bonchev–Trinajstić information content (AvgIpc) is 2.72.